The summed E-state index contributed by atoms with van der Waals surface area (Å²) in [6.07, 6.45) is 4.49. The highest BCUT2D eigenvalue weighted by Crippen LogP contribution is 2.38. The molecule has 3 heterocycles. The van der Waals surface area contributed by atoms with Gasteiger partial charge < -0.3 is 15.3 Å². The van der Waals surface area contributed by atoms with Crippen molar-refractivity contribution in [3.63, 3.8) is 0 Å². The first-order chi connectivity index (χ1) is 14.6. The SMILES string of the molecule is NCCCn1cc(C2=C(c3c[nH]c4ccccc34)C(=O)NC2=O)c2cc(Cl)ccc21. The molecule has 30 heavy (non-hydrogen) atoms. The maximum absolute atomic E-state index is 12.9. The zero-order chi connectivity index (χ0) is 20.8. The highest BCUT2D eigenvalue weighted by Gasteiger charge is 2.35. The summed E-state index contributed by atoms with van der Waals surface area (Å²) in [5.74, 6) is -0.803. The van der Waals surface area contributed by atoms with Crippen molar-refractivity contribution in [2.45, 2.75) is 13.0 Å². The molecule has 5 rings (SSSR count). The van der Waals surface area contributed by atoms with Gasteiger partial charge in [0.15, 0.2) is 0 Å². The predicted molar refractivity (Wildman–Crippen MR) is 119 cm³/mol. The van der Waals surface area contributed by atoms with Crippen LogP contribution in [0, 0.1) is 0 Å². The molecule has 4 aromatic rings. The van der Waals surface area contributed by atoms with E-state index in [9.17, 15) is 9.59 Å². The first-order valence-electron chi connectivity index (χ1n) is 9.73. The third kappa shape index (κ3) is 2.84. The lowest BCUT2D eigenvalue weighted by Crippen LogP contribution is -2.22. The summed E-state index contributed by atoms with van der Waals surface area (Å²) in [6, 6.07) is 13.3. The molecule has 1 aliphatic rings. The van der Waals surface area contributed by atoms with Crippen molar-refractivity contribution in [3.05, 3.63) is 71.0 Å². The first kappa shape index (κ1) is 18.7. The number of nitrogens with zero attached hydrogens (tertiary/aromatic N) is 1. The van der Waals surface area contributed by atoms with Crippen LogP contribution in [0.15, 0.2) is 54.9 Å². The molecule has 0 spiro atoms. The fourth-order valence-corrected chi connectivity index (χ4v) is 4.33. The quantitative estimate of drug-likeness (QED) is 0.431. The Morgan fingerprint density at radius 2 is 1.73 bits per heavy atom. The number of aromatic nitrogens is 2. The Bertz CT molecular complexity index is 1360. The molecular weight excluding hydrogens is 400 g/mol. The van der Waals surface area contributed by atoms with Crippen molar-refractivity contribution in [1.29, 1.82) is 0 Å². The van der Waals surface area contributed by atoms with Gasteiger partial charge >= 0.3 is 0 Å². The number of rotatable bonds is 5. The van der Waals surface area contributed by atoms with E-state index in [0.717, 1.165) is 28.2 Å². The number of hydrogen-bond donors (Lipinski definition) is 3. The fraction of sp³-hybridized carbons (Fsp3) is 0.130. The van der Waals surface area contributed by atoms with E-state index in [-0.39, 0.29) is 0 Å². The fourth-order valence-electron chi connectivity index (χ4n) is 4.16. The van der Waals surface area contributed by atoms with Gasteiger partial charge in [0, 0.05) is 56.9 Å². The number of carbonyl (C=O) groups excluding carboxylic acids is 2. The van der Waals surface area contributed by atoms with Crippen LogP contribution in [-0.4, -0.2) is 27.9 Å². The second kappa shape index (κ2) is 7.16. The van der Waals surface area contributed by atoms with Crippen molar-refractivity contribution >= 4 is 56.4 Å². The number of hydrogen-bond acceptors (Lipinski definition) is 3. The molecule has 0 aliphatic carbocycles. The van der Waals surface area contributed by atoms with E-state index in [2.05, 4.69) is 14.9 Å². The van der Waals surface area contributed by atoms with Gasteiger partial charge in [-0.05, 0) is 37.2 Å². The number of fused-ring (bicyclic) bond motifs is 2. The number of nitrogens with two attached hydrogens (primary N) is 1. The summed E-state index contributed by atoms with van der Waals surface area (Å²) in [5, 5.41) is 4.76. The third-order valence-corrected chi connectivity index (χ3v) is 5.74. The summed E-state index contributed by atoms with van der Waals surface area (Å²) in [6.45, 7) is 1.27. The molecule has 2 amide bonds. The molecule has 0 radical (unpaired) electrons. The Balaban J connectivity index is 1.80. The molecule has 2 aromatic heterocycles. The average molecular weight is 419 g/mol. The molecule has 0 atom stereocenters. The Labute approximate surface area is 177 Å². The minimum absolute atomic E-state index is 0.364. The van der Waals surface area contributed by atoms with Gasteiger partial charge in [-0.2, -0.15) is 0 Å². The van der Waals surface area contributed by atoms with E-state index in [1.54, 1.807) is 6.20 Å². The topological polar surface area (TPSA) is 92.9 Å². The van der Waals surface area contributed by atoms with Gasteiger partial charge in [0.1, 0.15) is 0 Å². The number of carbonyl (C=O) groups is 2. The number of halogens is 1. The number of amides is 2. The monoisotopic (exact) mass is 418 g/mol. The predicted octanol–water partition coefficient (Wildman–Crippen LogP) is 3.69. The summed E-state index contributed by atoms with van der Waals surface area (Å²) in [4.78, 5) is 28.9. The van der Waals surface area contributed by atoms with Crippen LogP contribution in [0.2, 0.25) is 5.02 Å². The second-order valence-corrected chi connectivity index (χ2v) is 7.76. The minimum Gasteiger partial charge on any atom is -0.361 e. The van der Waals surface area contributed by atoms with E-state index < -0.39 is 11.8 Å². The lowest BCUT2D eigenvalue weighted by Gasteiger charge is -2.03. The highest BCUT2D eigenvalue weighted by atomic mass is 35.5. The molecule has 0 fully saturated rings. The normalized spacial score (nSPS) is 14.3. The van der Waals surface area contributed by atoms with Crippen LogP contribution in [0.4, 0.5) is 0 Å². The van der Waals surface area contributed by atoms with Gasteiger partial charge in [0.25, 0.3) is 11.8 Å². The Morgan fingerprint density at radius 3 is 2.53 bits per heavy atom. The van der Waals surface area contributed by atoms with Gasteiger partial charge in [-0.25, -0.2) is 0 Å². The van der Waals surface area contributed by atoms with Crippen molar-refractivity contribution in [2.75, 3.05) is 6.54 Å². The maximum atomic E-state index is 12.9. The van der Waals surface area contributed by atoms with E-state index in [1.165, 1.54) is 0 Å². The van der Waals surface area contributed by atoms with Crippen LogP contribution < -0.4 is 11.1 Å². The molecule has 1 aliphatic heterocycles. The molecular formula is C23H19ClN4O2. The van der Waals surface area contributed by atoms with Crippen LogP contribution in [0.5, 0.6) is 0 Å². The largest absolute Gasteiger partial charge is 0.361 e. The van der Waals surface area contributed by atoms with Crippen LogP contribution >= 0.6 is 11.6 Å². The van der Waals surface area contributed by atoms with Crippen molar-refractivity contribution in [3.8, 4) is 0 Å². The molecule has 6 nitrogen and oxygen atoms in total. The van der Waals surface area contributed by atoms with Crippen LogP contribution in [0.1, 0.15) is 17.5 Å². The summed E-state index contributed by atoms with van der Waals surface area (Å²) in [5.41, 5.74) is 9.67. The maximum Gasteiger partial charge on any atom is 0.259 e. The van der Waals surface area contributed by atoms with E-state index in [4.69, 9.17) is 17.3 Å². The van der Waals surface area contributed by atoms with E-state index >= 15 is 0 Å². The standard InChI is InChI=1S/C23H19ClN4O2/c24-13-6-7-19-15(10-13)17(12-28(19)9-3-8-25)21-20(22(29)27-23(21)30)16-11-26-18-5-2-1-4-14(16)18/h1-2,4-7,10-12,26H,3,8-9,25H2,(H,27,29,30). The van der Waals surface area contributed by atoms with Crippen LogP contribution in [0.25, 0.3) is 33.0 Å². The zero-order valence-corrected chi connectivity index (χ0v) is 16.8. The third-order valence-electron chi connectivity index (χ3n) is 5.51. The second-order valence-electron chi connectivity index (χ2n) is 7.32. The number of aryl methyl sites for hydroxylation is 1. The molecule has 0 saturated carbocycles. The van der Waals surface area contributed by atoms with Crippen LogP contribution in [0.3, 0.4) is 0 Å². The molecule has 0 bridgehead atoms. The summed E-state index contributed by atoms with van der Waals surface area (Å²) >= 11 is 6.27. The van der Waals surface area contributed by atoms with Gasteiger partial charge in [0.2, 0.25) is 0 Å². The zero-order valence-electron chi connectivity index (χ0n) is 16.0. The molecule has 4 N–H and O–H groups in total. The summed E-state index contributed by atoms with van der Waals surface area (Å²) < 4.78 is 2.06. The average Bonchev–Trinajstić information content (AvgIpc) is 3.39. The van der Waals surface area contributed by atoms with Crippen molar-refractivity contribution in [1.82, 2.24) is 14.9 Å². The van der Waals surface area contributed by atoms with E-state index in [1.807, 2.05) is 48.7 Å². The highest BCUT2D eigenvalue weighted by molar-refractivity contribution is 6.50. The number of aromatic amines is 1. The number of para-hydroxylation sites is 1. The smallest absolute Gasteiger partial charge is 0.259 e. The van der Waals surface area contributed by atoms with E-state index in [0.29, 0.717) is 40.4 Å². The van der Waals surface area contributed by atoms with Gasteiger partial charge in [-0.15, -0.1) is 0 Å². The van der Waals surface area contributed by atoms with Gasteiger partial charge in [0.05, 0.1) is 11.1 Å². The number of imide groups is 1. The lowest BCUT2D eigenvalue weighted by atomic mass is 9.95. The van der Waals surface area contributed by atoms with Gasteiger partial charge in [-0.3, -0.25) is 14.9 Å². The number of H-pyrrole nitrogens is 1. The lowest BCUT2D eigenvalue weighted by molar-refractivity contribution is -0.122. The van der Waals surface area contributed by atoms with Crippen LogP contribution in [-0.2, 0) is 16.1 Å². The van der Waals surface area contributed by atoms with Gasteiger partial charge in [-0.1, -0.05) is 29.8 Å². The molecule has 150 valence electrons. The molecule has 7 heteroatoms. The first-order valence-corrected chi connectivity index (χ1v) is 10.1. The number of benzene rings is 2. The minimum atomic E-state index is -0.405. The van der Waals surface area contributed by atoms with Crippen molar-refractivity contribution < 1.29 is 9.59 Å². The summed E-state index contributed by atoms with van der Waals surface area (Å²) in [7, 11) is 0. The Hall–Kier alpha value is -3.35. The molecule has 2 aromatic carbocycles. The van der Waals surface area contributed by atoms with Crippen molar-refractivity contribution in [2.24, 2.45) is 5.73 Å². The number of nitrogens with one attached hydrogen (secondary N) is 2. The molecule has 0 saturated heterocycles. The Morgan fingerprint density at radius 1 is 0.967 bits per heavy atom. The molecule has 0 unspecified atom stereocenters. The Kier molecular flexibility index (Phi) is 4.46.